The second-order valence-electron chi connectivity index (χ2n) is 4.15. The van der Waals surface area contributed by atoms with Gasteiger partial charge in [-0.2, -0.15) is 0 Å². The van der Waals surface area contributed by atoms with Crippen LogP contribution in [0.15, 0.2) is 72.4 Å². The van der Waals surface area contributed by atoms with Crippen LogP contribution in [0.4, 0.5) is 11.6 Å². The number of hydrogen-bond acceptors (Lipinski definition) is 7. The van der Waals surface area contributed by atoms with Crippen molar-refractivity contribution in [2.45, 2.75) is 4.90 Å². The van der Waals surface area contributed by atoms with Crippen molar-refractivity contribution in [1.82, 2.24) is 19.9 Å². The van der Waals surface area contributed by atoms with E-state index in [1.165, 1.54) is 43.0 Å². The Kier molecular flexibility index (Phi) is 5.53. The summed E-state index contributed by atoms with van der Waals surface area (Å²) >= 11 is 0. The highest BCUT2D eigenvalue weighted by atomic mass is 32.2. The normalized spacial score (nSPS) is 10.3. The lowest BCUT2D eigenvalue weighted by Crippen LogP contribution is -2.14. The minimum Gasteiger partial charge on any atom is -0.399 e. The highest BCUT2D eigenvalue weighted by Crippen LogP contribution is 2.14. The number of rotatable bonds is 3. The van der Waals surface area contributed by atoms with E-state index in [-0.39, 0.29) is 10.8 Å². The summed E-state index contributed by atoms with van der Waals surface area (Å²) < 4.78 is 26.0. The molecule has 0 aliphatic rings. The van der Waals surface area contributed by atoms with Crippen molar-refractivity contribution >= 4 is 21.7 Å². The van der Waals surface area contributed by atoms with Crippen molar-refractivity contribution in [3.05, 3.63) is 67.5 Å². The van der Waals surface area contributed by atoms with Gasteiger partial charge in [0, 0.05) is 30.5 Å². The lowest BCUT2D eigenvalue weighted by atomic mass is 10.3. The van der Waals surface area contributed by atoms with Gasteiger partial charge in [-0.3, -0.25) is 0 Å². The fourth-order valence-corrected chi connectivity index (χ4v) is 2.39. The fourth-order valence-electron chi connectivity index (χ4n) is 1.43. The summed E-state index contributed by atoms with van der Waals surface area (Å²) in [5.74, 6) is 0.0318. The van der Waals surface area contributed by atoms with Crippen LogP contribution >= 0.6 is 0 Å². The highest BCUT2D eigenvalue weighted by Gasteiger charge is 2.14. The van der Waals surface area contributed by atoms with Gasteiger partial charge in [0.15, 0.2) is 0 Å². The maximum atomic E-state index is 11.9. The maximum Gasteiger partial charge on any atom is 0.264 e. The average molecular weight is 330 g/mol. The second-order valence-corrected chi connectivity index (χ2v) is 5.83. The Morgan fingerprint density at radius 1 is 0.870 bits per heavy atom. The zero-order valence-electron chi connectivity index (χ0n) is 11.9. The van der Waals surface area contributed by atoms with Crippen molar-refractivity contribution < 1.29 is 8.42 Å². The first kappa shape index (κ1) is 16.3. The quantitative estimate of drug-likeness (QED) is 0.694. The van der Waals surface area contributed by atoms with E-state index in [0.29, 0.717) is 5.69 Å². The number of nitrogen functional groups attached to an aromatic ring is 1. The van der Waals surface area contributed by atoms with Crippen molar-refractivity contribution in [2.24, 2.45) is 0 Å². The van der Waals surface area contributed by atoms with Crippen molar-refractivity contribution in [1.29, 1.82) is 0 Å². The van der Waals surface area contributed by atoms with Crippen LogP contribution in [0, 0.1) is 0 Å². The summed E-state index contributed by atoms with van der Waals surface area (Å²) in [5, 5.41) is 0. The number of aromatic nitrogens is 4. The van der Waals surface area contributed by atoms with Gasteiger partial charge in [0.05, 0.1) is 4.90 Å². The molecule has 0 amide bonds. The van der Waals surface area contributed by atoms with Gasteiger partial charge < -0.3 is 5.73 Å². The Balaban J connectivity index is 0.000000268. The number of hydrogen-bond donors (Lipinski definition) is 2. The van der Waals surface area contributed by atoms with Crippen LogP contribution in [0.1, 0.15) is 0 Å². The molecule has 3 rings (SSSR count). The van der Waals surface area contributed by atoms with E-state index in [1.807, 2.05) is 0 Å². The first-order chi connectivity index (χ1) is 11.1. The minimum absolute atomic E-state index is 0.0318. The van der Waals surface area contributed by atoms with E-state index < -0.39 is 10.0 Å². The molecule has 23 heavy (non-hydrogen) atoms. The van der Waals surface area contributed by atoms with Crippen LogP contribution in [-0.2, 0) is 10.0 Å². The largest absolute Gasteiger partial charge is 0.399 e. The number of sulfonamides is 1. The molecule has 0 atom stereocenters. The Bertz CT molecular complexity index is 784. The molecule has 3 N–H and O–H groups in total. The third-order valence-electron chi connectivity index (χ3n) is 2.46. The number of benzene rings is 1. The van der Waals surface area contributed by atoms with Gasteiger partial charge in [-0.1, -0.05) is 0 Å². The molecule has 9 heteroatoms. The molecule has 0 bridgehead atoms. The molecule has 0 aliphatic carbocycles. The molecule has 0 fully saturated rings. The second kappa shape index (κ2) is 7.80. The Morgan fingerprint density at radius 2 is 1.43 bits per heavy atom. The van der Waals surface area contributed by atoms with Crippen LogP contribution < -0.4 is 10.5 Å². The Labute approximate surface area is 133 Å². The molecule has 0 aliphatic heterocycles. The lowest BCUT2D eigenvalue weighted by Gasteiger charge is -2.05. The van der Waals surface area contributed by atoms with Crippen LogP contribution in [0.2, 0.25) is 0 Å². The molecular weight excluding hydrogens is 316 g/mol. The molecule has 2 heterocycles. The number of nitrogens with zero attached hydrogens (tertiary/aromatic N) is 4. The molecule has 0 saturated heterocycles. The summed E-state index contributed by atoms with van der Waals surface area (Å²) in [7, 11) is -3.66. The summed E-state index contributed by atoms with van der Waals surface area (Å²) in [6.45, 7) is 0. The molecule has 8 nitrogen and oxygen atoms in total. The monoisotopic (exact) mass is 330 g/mol. The highest BCUT2D eigenvalue weighted by molar-refractivity contribution is 7.92. The smallest absolute Gasteiger partial charge is 0.264 e. The van der Waals surface area contributed by atoms with Crippen LogP contribution in [0.25, 0.3) is 0 Å². The molecule has 1 aromatic carbocycles. The van der Waals surface area contributed by atoms with Gasteiger partial charge in [-0.05, 0) is 36.4 Å². The minimum atomic E-state index is -3.66. The van der Waals surface area contributed by atoms with E-state index in [2.05, 4.69) is 24.7 Å². The first-order valence-electron chi connectivity index (χ1n) is 6.43. The van der Waals surface area contributed by atoms with Gasteiger partial charge >= 0.3 is 0 Å². The maximum absolute atomic E-state index is 11.9. The first-order valence-corrected chi connectivity index (χ1v) is 7.91. The van der Waals surface area contributed by atoms with E-state index in [1.54, 1.807) is 24.5 Å². The third-order valence-corrected chi connectivity index (χ3v) is 3.80. The van der Waals surface area contributed by atoms with Crippen molar-refractivity contribution in [3.63, 3.8) is 0 Å². The molecule has 0 radical (unpaired) electrons. The van der Waals surface area contributed by atoms with E-state index in [4.69, 9.17) is 5.73 Å². The molecule has 0 unspecified atom stereocenters. The lowest BCUT2D eigenvalue weighted by molar-refractivity contribution is 0.601. The molecule has 118 valence electrons. The average Bonchev–Trinajstić information content (AvgIpc) is 2.58. The van der Waals surface area contributed by atoms with E-state index >= 15 is 0 Å². The standard InChI is InChI=1S/C10H10N4O2S.C4H4N2/c11-8-2-4-9(5-3-8)17(15,16)14-10-12-6-1-7-13-10;1-2-5-4-6-3-1/h1-7H,11H2,(H,12,13,14);1-4H. The summed E-state index contributed by atoms with van der Waals surface area (Å²) in [4.78, 5) is 15.0. The predicted octanol–water partition coefficient (Wildman–Crippen LogP) is 1.34. The summed E-state index contributed by atoms with van der Waals surface area (Å²) in [6.07, 6.45) is 7.78. The van der Waals surface area contributed by atoms with Crippen LogP contribution in [0.3, 0.4) is 0 Å². The number of nitrogens with one attached hydrogen (secondary N) is 1. The number of anilines is 2. The van der Waals surface area contributed by atoms with Crippen LogP contribution in [0.5, 0.6) is 0 Å². The molecular formula is C14H14N6O2S. The SMILES string of the molecule is Nc1ccc(S(=O)(=O)Nc2ncccn2)cc1.c1cncnc1. The summed E-state index contributed by atoms with van der Waals surface area (Å²) in [5.41, 5.74) is 5.98. The van der Waals surface area contributed by atoms with Crippen molar-refractivity contribution in [3.8, 4) is 0 Å². The number of nitrogens with two attached hydrogens (primary N) is 1. The Hall–Kier alpha value is -3.07. The van der Waals surface area contributed by atoms with E-state index in [9.17, 15) is 8.42 Å². The zero-order valence-corrected chi connectivity index (χ0v) is 12.8. The van der Waals surface area contributed by atoms with Crippen molar-refractivity contribution in [2.75, 3.05) is 10.5 Å². The molecule has 3 aromatic rings. The van der Waals surface area contributed by atoms with E-state index in [0.717, 1.165) is 0 Å². The topological polar surface area (TPSA) is 124 Å². The molecule has 0 spiro atoms. The zero-order chi connectivity index (χ0) is 16.5. The molecule has 2 aromatic heterocycles. The fraction of sp³-hybridized carbons (Fsp3) is 0. The predicted molar refractivity (Wildman–Crippen MR) is 85.7 cm³/mol. The summed E-state index contributed by atoms with van der Waals surface area (Å²) in [6, 6.07) is 9.24. The van der Waals surface area contributed by atoms with Gasteiger partial charge in [-0.25, -0.2) is 33.1 Å². The van der Waals surface area contributed by atoms with Gasteiger partial charge in [-0.15, -0.1) is 0 Å². The van der Waals surface area contributed by atoms with Gasteiger partial charge in [0.2, 0.25) is 5.95 Å². The third kappa shape index (κ3) is 5.32. The van der Waals surface area contributed by atoms with Crippen LogP contribution in [-0.4, -0.2) is 28.4 Å². The Morgan fingerprint density at radius 3 is 1.91 bits per heavy atom. The van der Waals surface area contributed by atoms with Gasteiger partial charge in [0.25, 0.3) is 10.0 Å². The van der Waals surface area contributed by atoms with Gasteiger partial charge in [0.1, 0.15) is 6.33 Å². The molecule has 0 saturated carbocycles.